The number of rotatable bonds is 11. The van der Waals surface area contributed by atoms with E-state index in [9.17, 15) is 0 Å². The van der Waals surface area contributed by atoms with E-state index in [2.05, 4.69) is 80.7 Å². The summed E-state index contributed by atoms with van der Waals surface area (Å²) in [4.78, 5) is 0. The predicted octanol–water partition coefficient (Wildman–Crippen LogP) is 7.32. The quantitative estimate of drug-likeness (QED) is 0.378. The number of hydrogen-bond acceptors (Lipinski definition) is 0. The first kappa shape index (κ1) is 19.2. The van der Waals surface area contributed by atoms with Crippen molar-refractivity contribution in [1.29, 1.82) is 0 Å². The van der Waals surface area contributed by atoms with Crippen LogP contribution in [0.2, 0.25) is 0 Å². The molecule has 2 aromatic rings. The summed E-state index contributed by atoms with van der Waals surface area (Å²) in [6.45, 7) is 10.2. The molecule has 0 heterocycles. The topological polar surface area (TPSA) is 0 Å². The van der Waals surface area contributed by atoms with Crippen molar-refractivity contribution < 1.29 is 0 Å². The first-order chi connectivity index (χ1) is 12.3. The van der Waals surface area contributed by atoms with Gasteiger partial charge in [-0.25, -0.2) is 0 Å². The minimum Gasteiger partial charge on any atom is -0.102 e. The number of hydrogen-bond donors (Lipinski definition) is 0. The Labute approximate surface area is 154 Å². The lowest BCUT2D eigenvalue weighted by atomic mass is 9.68. The van der Waals surface area contributed by atoms with Crippen molar-refractivity contribution in [3.63, 3.8) is 0 Å². The second-order valence-electron chi connectivity index (χ2n) is 6.95. The van der Waals surface area contributed by atoms with Crippen LogP contribution in [0.15, 0.2) is 86.0 Å². The molecule has 0 saturated heterocycles. The molecule has 0 amide bonds. The molecule has 132 valence electrons. The zero-order valence-corrected chi connectivity index (χ0v) is 15.7. The Morgan fingerprint density at radius 3 is 1.72 bits per heavy atom. The normalized spacial score (nSPS) is 11.4. The molecular weight excluding hydrogens is 300 g/mol. The van der Waals surface area contributed by atoms with E-state index < -0.39 is 0 Å². The molecule has 0 atom stereocenters. The molecule has 0 aliphatic heterocycles. The zero-order chi connectivity index (χ0) is 18.0. The third-order valence-electron chi connectivity index (χ3n) is 5.36. The van der Waals surface area contributed by atoms with Gasteiger partial charge >= 0.3 is 0 Å². The fraction of sp³-hybridized carbons (Fsp3) is 0.360. The van der Waals surface area contributed by atoms with Crippen molar-refractivity contribution in [2.75, 3.05) is 0 Å². The van der Waals surface area contributed by atoms with Crippen LogP contribution >= 0.6 is 0 Å². The highest BCUT2D eigenvalue weighted by molar-refractivity contribution is 5.39. The molecule has 0 saturated carbocycles. The maximum atomic E-state index is 3.94. The summed E-state index contributed by atoms with van der Waals surface area (Å²) < 4.78 is 0. The zero-order valence-electron chi connectivity index (χ0n) is 15.7. The van der Waals surface area contributed by atoms with Crippen LogP contribution in [0.1, 0.15) is 56.6 Å². The van der Waals surface area contributed by atoms with E-state index in [0.717, 1.165) is 6.42 Å². The summed E-state index contributed by atoms with van der Waals surface area (Å²) in [7, 11) is 0. The van der Waals surface area contributed by atoms with Gasteiger partial charge in [-0.2, -0.15) is 0 Å². The second kappa shape index (κ2) is 10.0. The summed E-state index contributed by atoms with van der Waals surface area (Å²) in [5, 5.41) is 0. The molecule has 2 aromatic carbocycles. The summed E-state index contributed by atoms with van der Waals surface area (Å²) in [5.41, 5.74) is 3.00. The summed E-state index contributed by atoms with van der Waals surface area (Å²) >= 11 is 0. The van der Waals surface area contributed by atoms with Crippen molar-refractivity contribution >= 4 is 0 Å². The van der Waals surface area contributed by atoms with Gasteiger partial charge in [-0.1, -0.05) is 99.0 Å². The van der Waals surface area contributed by atoms with Gasteiger partial charge in [0.05, 0.1) is 0 Å². The Balaban J connectivity index is 2.36. The Kier molecular flexibility index (Phi) is 7.73. The van der Waals surface area contributed by atoms with Crippen molar-refractivity contribution in [2.45, 2.75) is 50.9 Å². The highest BCUT2D eigenvalue weighted by Crippen LogP contribution is 2.42. The maximum Gasteiger partial charge on any atom is 0.0202 e. The molecule has 2 rings (SSSR count). The molecule has 0 bridgehead atoms. The fourth-order valence-electron chi connectivity index (χ4n) is 3.83. The average molecular weight is 333 g/mol. The van der Waals surface area contributed by atoms with Gasteiger partial charge in [-0.05, 0) is 36.3 Å². The van der Waals surface area contributed by atoms with Crippen molar-refractivity contribution in [1.82, 2.24) is 0 Å². The van der Waals surface area contributed by atoms with E-state index in [1.54, 1.807) is 0 Å². The van der Waals surface area contributed by atoms with Gasteiger partial charge in [0.15, 0.2) is 0 Å². The minimum atomic E-state index is 0.103. The smallest absolute Gasteiger partial charge is 0.0202 e. The highest BCUT2D eigenvalue weighted by atomic mass is 14.4. The maximum absolute atomic E-state index is 3.94. The molecular formula is C25H32. The van der Waals surface area contributed by atoms with Crippen LogP contribution in [0, 0.1) is 5.92 Å². The molecule has 25 heavy (non-hydrogen) atoms. The van der Waals surface area contributed by atoms with Crippen LogP contribution in [-0.4, -0.2) is 0 Å². The van der Waals surface area contributed by atoms with Crippen LogP contribution in [-0.2, 0) is 5.41 Å². The Bertz CT molecular complexity index is 576. The van der Waals surface area contributed by atoms with Crippen LogP contribution < -0.4 is 0 Å². The fourth-order valence-corrected chi connectivity index (χ4v) is 3.83. The van der Waals surface area contributed by atoms with Crippen LogP contribution in [0.3, 0.4) is 0 Å². The van der Waals surface area contributed by atoms with Gasteiger partial charge in [0.1, 0.15) is 0 Å². The minimum absolute atomic E-state index is 0.103. The van der Waals surface area contributed by atoms with Gasteiger partial charge in [0.2, 0.25) is 0 Å². The molecule has 0 aliphatic carbocycles. The molecule has 0 radical (unpaired) electrons. The lowest BCUT2D eigenvalue weighted by Gasteiger charge is -2.36. The molecule has 0 aromatic heterocycles. The van der Waals surface area contributed by atoms with E-state index in [0.29, 0.717) is 5.92 Å². The lowest BCUT2D eigenvalue weighted by molar-refractivity contribution is 0.396. The first-order valence-corrected chi connectivity index (χ1v) is 9.63. The molecule has 0 fully saturated rings. The Morgan fingerprint density at radius 1 is 0.800 bits per heavy atom. The second-order valence-corrected chi connectivity index (χ2v) is 6.95. The number of allylic oxidation sites excluding steroid dienone is 2. The average Bonchev–Trinajstić information content (AvgIpc) is 2.69. The van der Waals surface area contributed by atoms with Gasteiger partial charge < -0.3 is 0 Å². The largest absolute Gasteiger partial charge is 0.102 e. The molecule has 0 nitrogen and oxygen atoms in total. The van der Waals surface area contributed by atoms with Crippen molar-refractivity contribution in [3.8, 4) is 0 Å². The van der Waals surface area contributed by atoms with Crippen molar-refractivity contribution in [2.24, 2.45) is 5.92 Å². The number of unbranched alkanes of at least 4 members (excludes halogenated alkanes) is 1. The third kappa shape index (κ3) is 4.95. The molecule has 0 unspecified atom stereocenters. The first-order valence-electron chi connectivity index (χ1n) is 9.63. The third-order valence-corrected chi connectivity index (χ3v) is 5.36. The summed E-state index contributed by atoms with van der Waals surface area (Å²) in [6, 6.07) is 22.2. The Morgan fingerprint density at radius 2 is 1.28 bits per heavy atom. The van der Waals surface area contributed by atoms with E-state index in [1.807, 2.05) is 12.2 Å². The molecule has 0 heteroatoms. The summed E-state index contributed by atoms with van der Waals surface area (Å²) in [6.07, 6.45) is 11.2. The van der Waals surface area contributed by atoms with Crippen molar-refractivity contribution in [3.05, 3.63) is 97.1 Å². The van der Waals surface area contributed by atoms with Crippen LogP contribution in [0.5, 0.6) is 0 Å². The SMILES string of the molecule is C=CC(C=C)CCCC(CCCC)(c1ccccc1)c1ccccc1. The van der Waals surface area contributed by atoms with Crippen LogP contribution in [0.25, 0.3) is 0 Å². The van der Waals surface area contributed by atoms with Gasteiger partial charge in [0, 0.05) is 5.41 Å². The van der Waals surface area contributed by atoms with E-state index >= 15 is 0 Å². The van der Waals surface area contributed by atoms with E-state index in [1.165, 1.54) is 43.2 Å². The van der Waals surface area contributed by atoms with Crippen LogP contribution in [0.4, 0.5) is 0 Å². The highest BCUT2D eigenvalue weighted by Gasteiger charge is 2.33. The molecule has 0 spiro atoms. The lowest BCUT2D eigenvalue weighted by Crippen LogP contribution is -2.28. The van der Waals surface area contributed by atoms with Gasteiger partial charge in [-0.15, -0.1) is 13.2 Å². The molecule has 0 N–H and O–H groups in total. The van der Waals surface area contributed by atoms with Gasteiger partial charge in [0.25, 0.3) is 0 Å². The predicted molar refractivity (Wildman–Crippen MR) is 111 cm³/mol. The van der Waals surface area contributed by atoms with Gasteiger partial charge in [-0.3, -0.25) is 0 Å². The van der Waals surface area contributed by atoms with E-state index in [-0.39, 0.29) is 5.41 Å². The summed E-state index contributed by atoms with van der Waals surface area (Å²) in [5.74, 6) is 0.412. The Hall–Kier alpha value is -2.08. The molecule has 0 aliphatic rings. The van der Waals surface area contributed by atoms with E-state index in [4.69, 9.17) is 0 Å². The number of benzene rings is 2. The standard InChI is InChI=1S/C25H32/c1-4-7-20-25(23-16-10-8-11-17-23,24-18-12-9-13-19-24)21-14-15-22(5-2)6-3/h5-6,8-13,16-19,22H,2-4,7,14-15,20-21H2,1H3. The monoisotopic (exact) mass is 332 g/mol.